The molecule has 2 aromatic rings. The van der Waals surface area contributed by atoms with Gasteiger partial charge in [0.25, 0.3) is 0 Å². The zero-order valence-electron chi connectivity index (χ0n) is 17.2. The van der Waals surface area contributed by atoms with Crippen LogP contribution in [0.2, 0.25) is 0 Å². The molecule has 0 spiro atoms. The maximum Gasteiger partial charge on any atom is 0.394 e. The fourth-order valence-electron chi connectivity index (χ4n) is 4.44. The molecule has 3 fully saturated rings. The molecule has 5 atom stereocenters. The van der Waals surface area contributed by atoms with E-state index in [4.69, 9.17) is 22.3 Å². The summed E-state index contributed by atoms with van der Waals surface area (Å²) >= 11 is 0. The zero-order valence-corrected chi connectivity index (χ0v) is 18.0. The van der Waals surface area contributed by atoms with Crippen LogP contribution in [0.15, 0.2) is 43.1 Å². The number of pyridine rings is 1. The van der Waals surface area contributed by atoms with E-state index in [9.17, 15) is 5.11 Å². The SMILES string of the molecule is C=C[C@@H]1CN2CC[C@H]1C[C@@H]2[C@@H](O)c1ccnc2ccc(OC)cc12.O.O.O=S(=O)(O)O. The van der Waals surface area contributed by atoms with Gasteiger partial charge in [0.15, 0.2) is 0 Å². The highest BCUT2D eigenvalue weighted by Crippen LogP contribution is 2.42. The molecule has 0 saturated carbocycles. The largest absolute Gasteiger partial charge is 0.497 e. The van der Waals surface area contributed by atoms with E-state index in [1.165, 1.54) is 6.42 Å². The predicted octanol–water partition coefficient (Wildman–Crippen LogP) is 0.871. The maximum absolute atomic E-state index is 11.2. The van der Waals surface area contributed by atoms with E-state index in [2.05, 4.69) is 22.5 Å². The van der Waals surface area contributed by atoms with E-state index in [0.717, 1.165) is 41.7 Å². The van der Waals surface area contributed by atoms with Gasteiger partial charge in [-0.25, -0.2) is 0 Å². The number of nitrogens with zero attached hydrogens (tertiary/aromatic N) is 2. The molecule has 1 aromatic heterocycles. The minimum Gasteiger partial charge on any atom is -0.497 e. The fourth-order valence-corrected chi connectivity index (χ4v) is 4.44. The van der Waals surface area contributed by atoms with E-state index >= 15 is 0 Å². The molecule has 5 rings (SSSR count). The summed E-state index contributed by atoms with van der Waals surface area (Å²) in [4.78, 5) is 6.86. The lowest BCUT2D eigenvalue weighted by molar-refractivity contribution is -0.0444. The quantitative estimate of drug-likeness (QED) is 0.445. The average Bonchev–Trinajstić information content (AvgIpc) is 2.71. The van der Waals surface area contributed by atoms with Crippen LogP contribution in [-0.4, -0.2) is 69.7 Å². The van der Waals surface area contributed by atoms with Gasteiger partial charge in [0, 0.05) is 24.2 Å². The number of aromatic nitrogens is 1. The molecule has 3 saturated heterocycles. The van der Waals surface area contributed by atoms with Crippen LogP contribution in [0.25, 0.3) is 10.9 Å². The number of aliphatic hydroxyl groups is 1. The topological polar surface area (TPSA) is 183 Å². The fraction of sp³-hybridized carbons (Fsp3) is 0.450. The molecule has 174 valence electrons. The van der Waals surface area contributed by atoms with E-state index in [0.29, 0.717) is 11.8 Å². The molecule has 10 nitrogen and oxygen atoms in total. The summed E-state index contributed by atoms with van der Waals surface area (Å²) in [5.41, 5.74) is 1.85. The minimum atomic E-state index is -4.67. The molecule has 1 aromatic carbocycles. The molecule has 0 radical (unpaired) electrons. The molecule has 4 heterocycles. The number of methoxy groups -OCH3 is 1. The minimum absolute atomic E-state index is 0. The number of benzene rings is 1. The van der Waals surface area contributed by atoms with Gasteiger partial charge in [0.2, 0.25) is 0 Å². The van der Waals surface area contributed by atoms with Crippen molar-refractivity contribution >= 4 is 21.3 Å². The van der Waals surface area contributed by atoms with Crippen LogP contribution in [0.1, 0.15) is 24.5 Å². The van der Waals surface area contributed by atoms with E-state index < -0.39 is 16.5 Å². The van der Waals surface area contributed by atoms with Gasteiger partial charge < -0.3 is 20.8 Å². The summed E-state index contributed by atoms with van der Waals surface area (Å²) in [6.45, 7) is 6.07. The summed E-state index contributed by atoms with van der Waals surface area (Å²) in [7, 11) is -3.01. The molecule has 11 heteroatoms. The van der Waals surface area contributed by atoms with Gasteiger partial charge in [-0.3, -0.25) is 19.0 Å². The van der Waals surface area contributed by atoms with Gasteiger partial charge >= 0.3 is 10.4 Å². The van der Waals surface area contributed by atoms with Gasteiger partial charge in [0.1, 0.15) is 5.75 Å². The van der Waals surface area contributed by atoms with Crippen LogP contribution in [0.5, 0.6) is 5.75 Å². The van der Waals surface area contributed by atoms with Crippen LogP contribution < -0.4 is 4.74 Å². The monoisotopic (exact) mass is 458 g/mol. The number of hydrogen-bond acceptors (Lipinski definition) is 6. The second-order valence-electron chi connectivity index (χ2n) is 7.42. The Labute approximate surface area is 181 Å². The highest BCUT2D eigenvalue weighted by Gasteiger charge is 2.42. The molecule has 31 heavy (non-hydrogen) atoms. The molecule has 3 aliphatic rings. The summed E-state index contributed by atoms with van der Waals surface area (Å²) in [6, 6.07) is 7.96. The number of aliphatic hydroxyl groups excluding tert-OH is 1. The first-order chi connectivity index (χ1) is 13.7. The number of piperidine rings is 3. The van der Waals surface area contributed by atoms with Gasteiger partial charge in [-0.15, -0.1) is 6.58 Å². The lowest BCUT2D eigenvalue weighted by Gasteiger charge is -2.50. The molecule has 0 amide bonds. The summed E-state index contributed by atoms with van der Waals surface area (Å²) in [6.07, 6.45) is 5.62. The van der Waals surface area contributed by atoms with Crippen molar-refractivity contribution in [3.8, 4) is 5.75 Å². The van der Waals surface area contributed by atoms with Gasteiger partial charge in [-0.1, -0.05) is 6.08 Å². The third-order valence-electron chi connectivity index (χ3n) is 5.82. The van der Waals surface area contributed by atoms with Crippen LogP contribution in [0.3, 0.4) is 0 Å². The van der Waals surface area contributed by atoms with Crippen LogP contribution >= 0.6 is 0 Å². The number of ether oxygens (including phenoxy) is 1. The lowest BCUT2D eigenvalue weighted by Crippen LogP contribution is -2.54. The van der Waals surface area contributed by atoms with Crippen molar-refractivity contribution in [2.75, 3.05) is 20.2 Å². The third kappa shape index (κ3) is 6.43. The van der Waals surface area contributed by atoms with Crippen LogP contribution in [0, 0.1) is 11.8 Å². The summed E-state index contributed by atoms with van der Waals surface area (Å²) in [5, 5.41) is 12.1. The smallest absolute Gasteiger partial charge is 0.394 e. The van der Waals surface area contributed by atoms with Crippen LogP contribution in [-0.2, 0) is 10.4 Å². The Morgan fingerprint density at radius 3 is 2.52 bits per heavy atom. The molecular formula is C20H30N2O8S. The van der Waals surface area contributed by atoms with Crippen molar-refractivity contribution in [2.24, 2.45) is 11.8 Å². The first-order valence-corrected chi connectivity index (χ1v) is 10.8. The van der Waals surface area contributed by atoms with Crippen molar-refractivity contribution in [1.82, 2.24) is 9.88 Å². The van der Waals surface area contributed by atoms with Crippen molar-refractivity contribution in [3.63, 3.8) is 0 Å². The second-order valence-corrected chi connectivity index (χ2v) is 8.32. The van der Waals surface area contributed by atoms with Crippen molar-refractivity contribution in [1.29, 1.82) is 0 Å². The standard InChI is InChI=1S/C20H24N2O2.H2O4S.2H2O/c1-3-13-12-22-9-7-14(13)10-19(22)20(23)16-6-8-21-18-5-4-15(24-2)11-17(16)18;1-5(2,3)4;;/h3-6,8,11,13-14,19-20,23H,1,7,9-10,12H2,2H3;(H2,1,2,3,4);2*1H2/t13-,14+,19-,20+;;;/m1.../s1. The Kier molecular flexibility index (Phi) is 9.51. The number of rotatable bonds is 4. The highest BCUT2D eigenvalue weighted by atomic mass is 32.3. The normalized spacial score (nSPS) is 25.3. The first kappa shape index (κ1) is 26.9. The van der Waals surface area contributed by atoms with Gasteiger partial charge in [-0.05, 0) is 61.1 Å². The molecule has 3 aliphatic heterocycles. The molecule has 2 bridgehead atoms. The van der Waals surface area contributed by atoms with Crippen molar-refractivity contribution < 1.29 is 38.3 Å². The summed E-state index contributed by atoms with van der Waals surface area (Å²) in [5.74, 6) is 2.01. The Hall–Kier alpha value is -2.12. The first-order valence-electron chi connectivity index (χ1n) is 9.38. The van der Waals surface area contributed by atoms with Gasteiger partial charge in [-0.2, -0.15) is 8.42 Å². The number of hydrogen-bond donors (Lipinski definition) is 3. The Balaban J connectivity index is 0.000000622. The maximum atomic E-state index is 11.2. The van der Waals surface area contributed by atoms with E-state index in [1.54, 1.807) is 13.3 Å². The third-order valence-corrected chi connectivity index (χ3v) is 5.82. The molecule has 1 unspecified atom stereocenters. The van der Waals surface area contributed by atoms with Crippen LogP contribution in [0.4, 0.5) is 0 Å². The Morgan fingerprint density at radius 1 is 1.29 bits per heavy atom. The molecule has 0 aliphatic carbocycles. The van der Waals surface area contributed by atoms with E-state index in [-0.39, 0.29) is 17.0 Å². The molecular weight excluding hydrogens is 428 g/mol. The average molecular weight is 459 g/mol. The number of fused-ring (bicyclic) bond motifs is 4. The van der Waals surface area contributed by atoms with E-state index in [1.807, 2.05) is 24.3 Å². The van der Waals surface area contributed by atoms with Crippen molar-refractivity contribution in [3.05, 3.63) is 48.7 Å². The lowest BCUT2D eigenvalue weighted by atomic mass is 9.73. The Bertz CT molecular complexity index is 976. The van der Waals surface area contributed by atoms with Crippen molar-refractivity contribution in [2.45, 2.75) is 25.0 Å². The second kappa shape index (κ2) is 11.0. The predicted molar refractivity (Wildman–Crippen MR) is 116 cm³/mol. The Morgan fingerprint density at radius 2 is 1.97 bits per heavy atom. The zero-order chi connectivity index (χ0) is 21.2. The highest BCUT2D eigenvalue weighted by molar-refractivity contribution is 7.79. The molecule has 7 N–H and O–H groups in total. The van der Waals surface area contributed by atoms with Gasteiger partial charge in [0.05, 0.1) is 18.7 Å². The summed E-state index contributed by atoms with van der Waals surface area (Å²) < 4.78 is 36.9.